The van der Waals surface area contributed by atoms with Gasteiger partial charge in [-0.2, -0.15) is 0 Å². The SMILES string of the molecule is C=C/C=C(N)\C(=C/CC)CN. The summed E-state index contributed by atoms with van der Waals surface area (Å²) >= 11 is 0. The lowest BCUT2D eigenvalue weighted by Gasteiger charge is -2.02. The van der Waals surface area contributed by atoms with Crippen molar-refractivity contribution in [1.29, 1.82) is 0 Å². The molecule has 0 aromatic carbocycles. The Morgan fingerprint density at radius 3 is 2.55 bits per heavy atom. The molecular weight excluding hydrogens is 136 g/mol. The molecule has 0 fully saturated rings. The van der Waals surface area contributed by atoms with Crippen molar-refractivity contribution in [3.05, 3.63) is 36.1 Å². The van der Waals surface area contributed by atoms with Gasteiger partial charge in [-0.15, -0.1) is 0 Å². The molecule has 0 aromatic heterocycles. The standard InChI is InChI=1S/C9H16N2/c1-3-5-8(7-10)9(11)6-4-2/h4-6H,2-3,7,10-11H2,1H3/b8-5-,9-6+. The van der Waals surface area contributed by atoms with E-state index in [-0.39, 0.29) is 0 Å². The first-order valence-corrected chi connectivity index (χ1v) is 3.73. The topological polar surface area (TPSA) is 52.0 Å². The van der Waals surface area contributed by atoms with Crippen molar-refractivity contribution < 1.29 is 0 Å². The van der Waals surface area contributed by atoms with Crippen molar-refractivity contribution >= 4 is 0 Å². The van der Waals surface area contributed by atoms with Crippen molar-refractivity contribution in [2.45, 2.75) is 13.3 Å². The molecule has 0 atom stereocenters. The van der Waals surface area contributed by atoms with Crippen molar-refractivity contribution in [3.63, 3.8) is 0 Å². The summed E-state index contributed by atoms with van der Waals surface area (Å²) in [5, 5.41) is 0. The smallest absolute Gasteiger partial charge is 0.0356 e. The fourth-order valence-electron chi connectivity index (χ4n) is 0.799. The van der Waals surface area contributed by atoms with Crippen LogP contribution in [0.25, 0.3) is 0 Å². The quantitative estimate of drug-likeness (QED) is 0.597. The Hall–Kier alpha value is -1.02. The van der Waals surface area contributed by atoms with Gasteiger partial charge in [0.25, 0.3) is 0 Å². The minimum Gasteiger partial charge on any atom is -0.398 e. The number of allylic oxidation sites excluding steroid dienone is 3. The lowest BCUT2D eigenvalue weighted by Crippen LogP contribution is -2.10. The minimum atomic E-state index is 0.490. The summed E-state index contributed by atoms with van der Waals surface area (Å²) < 4.78 is 0. The molecule has 0 amide bonds. The second-order valence-corrected chi connectivity index (χ2v) is 2.20. The minimum absolute atomic E-state index is 0.490. The monoisotopic (exact) mass is 152 g/mol. The molecule has 0 radical (unpaired) electrons. The van der Waals surface area contributed by atoms with E-state index < -0.39 is 0 Å². The van der Waals surface area contributed by atoms with Gasteiger partial charge in [-0.1, -0.05) is 25.7 Å². The molecule has 62 valence electrons. The summed E-state index contributed by atoms with van der Waals surface area (Å²) in [6.45, 7) is 6.10. The Balaban J connectivity index is 4.37. The number of hydrogen-bond donors (Lipinski definition) is 2. The lowest BCUT2D eigenvalue weighted by atomic mass is 10.1. The Morgan fingerprint density at radius 1 is 1.55 bits per heavy atom. The zero-order chi connectivity index (χ0) is 8.69. The van der Waals surface area contributed by atoms with Crippen LogP contribution < -0.4 is 11.5 Å². The molecule has 2 nitrogen and oxygen atoms in total. The molecule has 0 aliphatic heterocycles. The molecule has 4 N–H and O–H groups in total. The van der Waals surface area contributed by atoms with E-state index in [0.29, 0.717) is 12.2 Å². The molecule has 2 heteroatoms. The van der Waals surface area contributed by atoms with E-state index in [1.54, 1.807) is 12.2 Å². The Morgan fingerprint density at radius 2 is 2.18 bits per heavy atom. The average Bonchev–Trinajstić information content (AvgIpc) is 2.00. The van der Waals surface area contributed by atoms with Crippen LogP contribution in [0.15, 0.2) is 36.1 Å². The van der Waals surface area contributed by atoms with Gasteiger partial charge in [0.05, 0.1) is 0 Å². The van der Waals surface area contributed by atoms with Gasteiger partial charge < -0.3 is 11.5 Å². The molecule has 0 aliphatic rings. The van der Waals surface area contributed by atoms with E-state index >= 15 is 0 Å². The molecule has 0 aliphatic carbocycles. The van der Waals surface area contributed by atoms with Gasteiger partial charge in [0, 0.05) is 12.2 Å². The fourth-order valence-corrected chi connectivity index (χ4v) is 0.799. The van der Waals surface area contributed by atoms with Gasteiger partial charge in [-0.25, -0.2) is 0 Å². The Labute approximate surface area is 68.3 Å². The zero-order valence-electron chi connectivity index (χ0n) is 7.01. The van der Waals surface area contributed by atoms with E-state index in [9.17, 15) is 0 Å². The van der Waals surface area contributed by atoms with Crippen LogP contribution in [-0.2, 0) is 0 Å². The third kappa shape index (κ3) is 3.63. The van der Waals surface area contributed by atoms with Gasteiger partial charge in [0.1, 0.15) is 0 Å². The van der Waals surface area contributed by atoms with Crippen molar-refractivity contribution in [2.75, 3.05) is 6.54 Å². The van der Waals surface area contributed by atoms with E-state index in [1.807, 2.05) is 6.08 Å². The predicted molar refractivity (Wildman–Crippen MR) is 49.9 cm³/mol. The molecule has 0 spiro atoms. The third-order valence-corrected chi connectivity index (χ3v) is 1.34. The highest BCUT2D eigenvalue weighted by Crippen LogP contribution is 2.02. The normalized spacial score (nSPS) is 13.3. The van der Waals surface area contributed by atoms with E-state index in [4.69, 9.17) is 11.5 Å². The fraction of sp³-hybridized carbons (Fsp3) is 0.333. The molecule has 0 saturated heterocycles. The van der Waals surface area contributed by atoms with Crippen LogP contribution in [-0.4, -0.2) is 6.54 Å². The maximum atomic E-state index is 5.67. The van der Waals surface area contributed by atoms with Crippen LogP contribution >= 0.6 is 0 Å². The maximum Gasteiger partial charge on any atom is 0.0356 e. The Kier molecular flexibility index (Phi) is 5.21. The van der Waals surface area contributed by atoms with E-state index in [0.717, 1.165) is 12.0 Å². The van der Waals surface area contributed by atoms with Crippen LogP contribution in [0.4, 0.5) is 0 Å². The predicted octanol–water partition coefficient (Wildman–Crippen LogP) is 1.31. The van der Waals surface area contributed by atoms with Gasteiger partial charge in [-0.05, 0) is 18.1 Å². The van der Waals surface area contributed by atoms with Crippen LogP contribution in [0.3, 0.4) is 0 Å². The molecule has 0 rings (SSSR count). The van der Waals surface area contributed by atoms with Gasteiger partial charge >= 0.3 is 0 Å². The lowest BCUT2D eigenvalue weighted by molar-refractivity contribution is 1.08. The molecule has 0 bridgehead atoms. The summed E-state index contributed by atoms with van der Waals surface area (Å²) in [5.41, 5.74) is 12.8. The molecule has 0 unspecified atom stereocenters. The highest BCUT2D eigenvalue weighted by atomic mass is 14.6. The first-order valence-electron chi connectivity index (χ1n) is 3.73. The second-order valence-electron chi connectivity index (χ2n) is 2.20. The van der Waals surface area contributed by atoms with Gasteiger partial charge in [0.2, 0.25) is 0 Å². The molecule has 11 heavy (non-hydrogen) atoms. The summed E-state index contributed by atoms with van der Waals surface area (Å²) in [7, 11) is 0. The highest BCUT2D eigenvalue weighted by Gasteiger charge is 1.94. The van der Waals surface area contributed by atoms with E-state index in [2.05, 4.69) is 13.5 Å². The Bertz CT molecular complexity index is 178. The van der Waals surface area contributed by atoms with Gasteiger partial charge in [0.15, 0.2) is 0 Å². The average molecular weight is 152 g/mol. The van der Waals surface area contributed by atoms with Crippen molar-refractivity contribution in [2.24, 2.45) is 11.5 Å². The summed E-state index contributed by atoms with van der Waals surface area (Å²) in [4.78, 5) is 0. The molecule has 0 heterocycles. The first kappa shape index (κ1) is 9.98. The summed E-state index contributed by atoms with van der Waals surface area (Å²) in [5.74, 6) is 0. The van der Waals surface area contributed by atoms with Gasteiger partial charge in [-0.3, -0.25) is 0 Å². The zero-order valence-corrected chi connectivity index (χ0v) is 7.01. The van der Waals surface area contributed by atoms with Crippen LogP contribution in [0.5, 0.6) is 0 Å². The number of hydrogen-bond acceptors (Lipinski definition) is 2. The second kappa shape index (κ2) is 5.74. The number of nitrogens with two attached hydrogens (primary N) is 2. The first-order chi connectivity index (χ1) is 5.26. The number of rotatable bonds is 4. The van der Waals surface area contributed by atoms with Crippen LogP contribution in [0.1, 0.15) is 13.3 Å². The summed E-state index contributed by atoms with van der Waals surface area (Å²) in [6, 6.07) is 0. The maximum absolute atomic E-state index is 5.67. The van der Waals surface area contributed by atoms with Crippen molar-refractivity contribution in [3.8, 4) is 0 Å². The van der Waals surface area contributed by atoms with E-state index in [1.165, 1.54) is 0 Å². The largest absolute Gasteiger partial charge is 0.398 e. The van der Waals surface area contributed by atoms with Crippen LogP contribution in [0, 0.1) is 0 Å². The highest BCUT2D eigenvalue weighted by molar-refractivity contribution is 5.31. The summed E-state index contributed by atoms with van der Waals surface area (Å²) in [6.07, 6.45) is 6.40. The molecular formula is C9H16N2. The molecule has 0 saturated carbocycles. The molecule has 0 aromatic rings. The third-order valence-electron chi connectivity index (χ3n) is 1.34. The van der Waals surface area contributed by atoms with Crippen LogP contribution in [0.2, 0.25) is 0 Å². The van der Waals surface area contributed by atoms with Crippen molar-refractivity contribution in [1.82, 2.24) is 0 Å².